The minimum atomic E-state index is -0.629. The van der Waals surface area contributed by atoms with Gasteiger partial charge in [0.2, 0.25) is 0 Å². The van der Waals surface area contributed by atoms with Crippen molar-refractivity contribution in [3.05, 3.63) is 26.6 Å². The van der Waals surface area contributed by atoms with E-state index in [4.69, 9.17) is 9.47 Å². The van der Waals surface area contributed by atoms with Crippen molar-refractivity contribution in [1.29, 1.82) is 0 Å². The molecule has 0 amide bonds. The molecule has 19 heavy (non-hydrogen) atoms. The molecule has 0 aliphatic rings. The lowest BCUT2D eigenvalue weighted by Gasteiger charge is -2.15. The highest BCUT2D eigenvalue weighted by Crippen LogP contribution is 2.34. The van der Waals surface area contributed by atoms with Gasteiger partial charge in [-0.25, -0.2) is 0 Å². The minimum Gasteiger partial charge on any atom is -0.488 e. The Kier molecular flexibility index (Phi) is 7.94. The average Bonchev–Trinajstić information content (AvgIpc) is 2.35. The van der Waals surface area contributed by atoms with E-state index in [0.717, 1.165) is 21.1 Å². The number of hydrogen-bond acceptors (Lipinski definition) is 4. The molecule has 1 aromatic carbocycles. The molecular weight excluding hydrogens is 378 g/mol. The summed E-state index contributed by atoms with van der Waals surface area (Å²) in [5, 5.41) is 12.8. The van der Waals surface area contributed by atoms with E-state index in [1.807, 2.05) is 26.1 Å². The Morgan fingerprint density at radius 2 is 1.89 bits per heavy atom. The van der Waals surface area contributed by atoms with Crippen LogP contribution in [0.25, 0.3) is 0 Å². The van der Waals surface area contributed by atoms with Gasteiger partial charge in [-0.2, -0.15) is 0 Å². The van der Waals surface area contributed by atoms with E-state index in [9.17, 15) is 5.11 Å². The van der Waals surface area contributed by atoms with Gasteiger partial charge < -0.3 is 19.9 Å². The molecule has 1 rings (SSSR count). The summed E-state index contributed by atoms with van der Waals surface area (Å²) in [5.74, 6) is 0.690. The largest absolute Gasteiger partial charge is 0.488 e. The second kappa shape index (κ2) is 8.92. The maximum atomic E-state index is 9.67. The maximum absolute atomic E-state index is 9.67. The summed E-state index contributed by atoms with van der Waals surface area (Å²) in [7, 11) is 1.90. The van der Waals surface area contributed by atoms with Crippen molar-refractivity contribution < 1.29 is 14.6 Å². The zero-order valence-corrected chi connectivity index (χ0v) is 14.3. The number of halogens is 2. The summed E-state index contributed by atoms with van der Waals surface area (Å²) in [4.78, 5) is 0. The zero-order valence-electron chi connectivity index (χ0n) is 11.1. The first kappa shape index (κ1) is 16.9. The molecule has 108 valence electrons. The Hall–Kier alpha value is -0.140. The molecule has 6 heteroatoms. The number of nitrogens with one attached hydrogen (secondary N) is 1. The van der Waals surface area contributed by atoms with Crippen molar-refractivity contribution in [3.63, 3.8) is 0 Å². The summed E-state index contributed by atoms with van der Waals surface area (Å²) in [6.45, 7) is 3.74. The van der Waals surface area contributed by atoms with Crippen LogP contribution in [-0.4, -0.2) is 38.1 Å². The van der Waals surface area contributed by atoms with Gasteiger partial charge in [0.05, 0.1) is 15.6 Å². The molecule has 0 radical (unpaired) electrons. The number of ether oxygens (including phenoxy) is 2. The fraction of sp³-hybridized carbons (Fsp3) is 0.538. The zero-order chi connectivity index (χ0) is 14.3. The van der Waals surface area contributed by atoms with Gasteiger partial charge in [-0.1, -0.05) is 0 Å². The fourth-order valence-electron chi connectivity index (χ4n) is 1.54. The summed E-state index contributed by atoms with van der Waals surface area (Å²) < 4.78 is 12.5. The van der Waals surface area contributed by atoms with Crippen molar-refractivity contribution in [3.8, 4) is 5.75 Å². The molecule has 0 fully saturated rings. The van der Waals surface area contributed by atoms with Crippen LogP contribution < -0.4 is 10.1 Å². The van der Waals surface area contributed by atoms with Crippen LogP contribution in [0.3, 0.4) is 0 Å². The highest BCUT2D eigenvalue weighted by molar-refractivity contribution is 9.11. The molecule has 1 unspecified atom stereocenters. The molecular formula is C13H19Br2NO3. The quantitative estimate of drug-likeness (QED) is 0.709. The van der Waals surface area contributed by atoms with E-state index >= 15 is 0 Å². The summed E-state index contributed by atoms with van der Waals surface area (Å²) in [6, 6.07) is 3.98. The van der Waals surface area contributed by atoms with E-state index in [1.54, 1.807) is 0 Å². The van der Waals surface area contributed by atoms with Crippen LogP contribution in [0.4, 0.5) is 0 Å². The third-order valence-electron chi connectivity index (χ3n) is 2.37. The number of aliphatic hydroxyl groups excluding tert-OH is 1. The van der Waals surface area contributed by atoms with Gasteiger partial charge in [0.15, 0.2) is 0 Å². The van der Waals surface area contributed by atoms with Crippen molar-refractivity contribution >= 4 is 31.9 Å². The van der Waals surface area contributed by atoms with Gasteiger partial charge >= 0.3 is 0 Å². The Balaban J connectivity index is 2.63. The Labute approximate surface area is 130 Å². The van der Waals surface area contributed by atoms with Crippen LogP contribution >= 0.6 is 31.9 Å². The van der Waals surface area contributed by atoms with E-state index in [1.165, 1.54) is 0 Å². The SMILES string of the molecule is CCOCC(O)COc1c(Br)cc(CNC)cc1Br. The van der Waals surface area contributed by atoms with E-state index < -0.39 is 6.10 Å². The minimum absolute atomic E-state index is 0.197. The van der Waals surface area contributed by atoms with E-state index in [-0.39, 0.29) is 13.2 Å². The average molecular weight is 397 g/mol. The summed E-state index contributed by atoms with van der Waals surface area (Å²) in [6.07, 6.45) is -0.629. The topological polar surface area (TPSA) is 50.7 Å². The van der Waals surface area contributed by atoms with Crippen molar-refractivity contribution in [2.45, 2.75) is 19.6 Å². The number of benzene rings is 1. The lowest BCUT2D eigenvalue weighted by Crippen LogP contribution is -2.23. The van der Waals surface area contributed by atoms with Crippen LogP contribution in [0, 0.1) is 0 Å². The normalized spacial score (nSPS) is 12.5. The summed E-state index contributed by atoms with van der Waals surface area (Å²) >= 11 is 6.95. The van der Waals surface area contributed by atoms with Gasteiger partial charge in [-0.3, -0.25) is 0 Å². The highest BCUT2D eigenvalue weighted by atomic mass is 79.9. The van der Waals surface area contributed by atoms with Gasteiger partial charge in [0.1, 0.15) is 18.5 Å². The number of aliphatic hydroxyl groups is 1. The molecule has 0 bridgehead atoms. The lowest BCUT2D eigenvalue weighted by atomic mass is 10.2. The second-order valence-electron chi connectivity index (χ2n) is 4.04. The van der Waals surface area contributed by atoms with Gasteiger partial charge in [0, 0.05) is 13.2 Å². The van der Waals surface area contributed by atoms with Crippen LogP contribution in [0.1, 0.15) is 12.5 Å². The molecule has 0 aromatic heterocycles. The molecule has 0 saturated carbocycles. The van der Waals surface area contributed by atoms with Crippen LogP contribution in [0.2, 0.25) is 0 Å². The van der Waals surface area contributed by atoms with Crippen LogP contribution in [0.15, 0.2) is 21.1 Å². The molecule has 0 aliphatic heterocycles. The van der Waals surface area contributed by atoms with Crippen molar-refractivity contribution in [2.75, 3.05) is 26.9 Å². The Morgan fingerprint density at radius 3 is 2.42 bits per heavy atom. The number of hydrogen-bond donors (Lipinski definition) is 2. The molecule has 1 atom stereocenters. The molecule has 1 aromatic rings. The highest BCUT2D eigenvalue weighted by Gasteiger charge is 2.11. The van der Waals surface area contributed by atoms with E-state index in [2.05, 4.69) is 37.2 Å². The predicted octanol–water partition coefficient (Wildman–Crippen LogP) is 2.71. The number of rotatable bonds is 8. The van der Waals surface area contributed by atoms with E-state index in [0.29, 0.717) is 12.4 Å². The molecule has 2 N–H and O–H groups in total. The third-order valence-corrected chi connectivity index (χ3v) is 3.55. The summed E-state index contributed by atoms with van der Waals surface area (Å²) in [5.41, 5.74) is 1.14. The second-order valence-corrected chi connectivity index (χ2v) is 5.75. The predicted molar refractivity (Wildman–Crippen MR) is 82.6 cm³/mol. The van der Waals surface area contributed by atoms with Crippen molar-refractivity contribution in [1.82, 2.24) is 5.32 Å². The molecule has 0 heterocycles. The van der Waals surface area contributed by atoms with Gasteiger partial charge in [-0.15, -0.1) is 0 Å². The Bertz CT molecular complexity index is 378. The van der Waals surface area contributed by atoms with Crippen molar-refractivity contribution in [2.24, 2.45) is 0 Å². The van der Waals surface area contributed by atoms with Crippen LogP contribution in [0.5, 0.6) is 5.75 Å². The van der Waals surface area contributed by atoms with Gasteiger partial charge in [-0.05, 0) is 63.5 Å². The molecule has 4 nitrogen and oxygen atoms in total. The molecule has 0 spiro atoms. The van der Waals surface area contributed by atoms with Crippen LogP contribution in [-0.2, 0) is 11.3 Å². The third kappa shape index (κ3) is 5.79. The fourth-order valence-corrected chi connectivity index (χ4v) is 3.05. The standard InChI is InChI=1S/C13H19Br2NO3/c1-3-18-7-10(17)8-19-13-11(14)4-9(6-16-2)5-12(13)15/h4-5,10,16-17H,3,6-8H2,1-2H3. The molecule has 0 aliphatic carbocycles. The lowest BCUT2D eigenvalue weighted by molar-refractivity contribution is 0.0161. The monoisotopic (exact) mass is 395 g/mol. The molecule has 0 saturated heterocycles. The van der Waals surface area contributed by atoms with Gasteiger partial charge in [0.25, 0.3) is 0 Å². The Morgan fingerprint density at radius 1 is 1.26 bits per heavy atom. The maximum Gasteiger partial charge on any atom is 0.147 e. The first-order valence-corrected chi connectivity index (χ1v) is 7.68. The first-order chi connectivity index (χ1) is 9.08. The smallest absolute Gasteiger partial charge is 0.147 e. The first-order valence-electron chi connectivity index (χ1n) is 6.09.